The predicted octanol–water partition coefficient (Wildman–Crippen LogP) is 3.44. The van der Waals surface area contributed by atoms with E-state index in [1.807, 2.05) is 0 Å². The van der Waals surface area contributed by atoms with E-state index in [1.165, 1.54) is 19.3 Å². The quantitative estimate of drug-likeness (QED) is 0.491. The highest BCUT2D eigenvalue weighted by Gasteiger charge is 2.60. The lowest BCUT2D eigenvalue weighted by molar-refractivity contribution is 0.155. The highest BCUT2D eigenvalue weighted by Crippen LogP contribution is 2.66. The van der Waals surface area contributed by atoms with E-state index >= 15 is 0 Å². The molecule has 1 unspecified atom stereocenters. The molecule has 2 bridgehead atoms. The van der Waals surface area contributed by atoms with Crippen LogP contribution in [-0.4, -0.2) is 5.38 Å². The lowest BCUT2D eigenvalue weighted by Gasteiger charge is -2.36. The van der Waals surface area contributed by atoms with Gasteiger partial charge in [0.2, 0.25) is 0 Å². The Labute approximate surface area is 74.3 Å². The zero-order valence-corrected chi connectivity index (χ0v) is 8.41. The van der Waals surface area contributed by atoms with Crippen molar-refractivity contribution >= 4 is 11.6 Å². The van der Waals surface area contributed by atoms with Gasteiger partial charge in [-0.1, -0.05) is 20.8 Å². The molecule has 0 heterocycles. The van der Waals surface area contributed by atoms with Gasteiger partial charge in [-0.2, -0.15) is 0 Å². The molecule has 2 saturated carbocycles. The lowest BCUT2D eigenvalue weighted by Crippen LogP contribution is -2.32. The second-order valence-electron chi connectivity index (χ2n) is 5.08. The van der Waals surface area contributed by atoms with Gasteiger partial charge in [-0.15, -0.1) is 11.6 Å². The maximum Gasteiger partial charge on any atom is 0.0397 e. The first kappa shape index (κ1) is 7.91. The summed E-state index contributed by atoms with van der Waals surface area (Å²) in [6.45, 7) is 7.16. The predicted molar refractivity (Wildman–Crippen MR) is 48.9 cm³/mol. The molecule has 1 heteroatoms. The molecule has 2 rings (SSSR count). The van der Waals surface area contributed by atoms with E-state index in [1.54, 1.807) is 0 Å². The summed E-state index contributed by atoms with van der Waals surface area (Å²) in [6.07, 6.45) is 4.01. The number of rotatable bonds is 0. The largest absolute Gasteiger partial charge is 0.122 e. The molecule has 11 heavy (non-hydrogen) atoms. The van der Waals surface area contributed by atoms with E-state index < -0.39 is 0 Å². The van der Waals surface area contributed by atoms with Gasteiger partial charge in [0.15, 0.2) is 0 Å². The molecule has 0 spiro atoms. The van der Waals surface area contributed by atoms with Crippen LogP contribution in [0.3, 0.4) is 0 Å². The van der Waals surface area contributed by atoms with Gasteiger partial charge >= 0.3 is 0 Å². The average molecular weight is 173 g/mol. The Morgan fingerprint density at radius 1 is 1.27 bits per heavy atom. The second kappa shape index (κ2) is 1.96. The van der Waals surface area contributed by atoms with Crippen LogP contribution in [0.5, 0.6) is 0 Å². The Hall–Kier alpha value is 0.290. The maximum absolute atomic E-state index is 6.33. The molecule has 2 aliphatic carbocycles. The van der Waals surface area contributed by atoms with Crippen LogP contribution >= 0.6 is 11.6 Å². The molecule has 0 N–H and O–H groups in total. The van der Waals surface area contributed by atoms with Gasteiger partial charge in [0, 0.05) is 5.38 Å². The molecule has 0 aromatic rings. The van der Waals surface area contributed by atoms with E-state index in [2.05, 4.69) is 20.8 Å². The van der Waals surface area contributed by atoms with Gasteiger partial charge in [-0.25, -0.2) is 0 Å². The zero-order valence-electron chi connectivity index (χ0n) is 7.65. The van der Waals surface area contributed by atoms with Crippen LogP contribution in [0.1, 0.15) is 40.0 Å². The third-order valence-corrected chi connectivity index (χ3v) is 5.35. The number of hydrogen-bond donors (Lipinski definition) is 0. The molecule has 0 nitrogen and oxygen atoms in total. The Morgan fingerprint density at radius 3 is 2.09 bits per heavy atom. The Kier molecular flexibility index (Phi) is 1.41. The molecule has 64 valence electrons. The second-order valence-corrected chi connectivity index (χ2v) is 5.60. The minimum atomic E-state index is 0.430. The first-order chi connectivity index (χ1) is 4.98. The van der Waals surface area contributed by atoms with E-state index in [9.17, 15) is 0 Å². The molecule has 0 radical (unpaired) electrons. The highest BCUT2D eigenvalue weighted by molar-refractivity contribution is 6.21. The number of alkyl halides is 1. The third-order valence-electron chi connectivity index (χ3n) is 4.69. The first-order valence-corrected chi connectivity index (χ1v) is 5.06. The van der Waals surface area contributed by atoms with Crippen molar-refractivity contribution in [1.29, 1.82) is 0 Å². The fourth-order valence-electron chi connectivity index (χ4n) is 3.11. The highest BCUT2D eigenvalue weighted by atomic mass is 35.5. The number of fused-ring (bicyclic) bond motifs is 2. The summed E-state index contributed by atoms with van der Waals surface area (Å²) >= 11 is 6.33. The van der Waals surface area contributed by atoms with Crippen molar-refractivity contribution in [2.24, 2.45) is 16.7 Å². The van der Waals surface area contributed by atoms with Crippen LogP contribution < -0.4 is 0 Å². The van der Waals surface area contributed by atoms with E-state index in [0.29, 0.717) is 16.2 Å². The first-order valence-electron chi connectivity index (χ1n) is 4.62. The monoisotopic (exact) mass is 172 g/mol. The molecule has 0 aromatic carbocycles. The van der Waals surface area contributed by atoms with Gasteiger partial charge in [-0.3, -0.25) is 0 Å². The average Bonchev–Trinajstić information content (AvgIpc) is 2.20. The standard InChI is InChI=1S/C10H17Cl/c1-9(2)7-4-5-10(9,3)8(11)6-7/h7-8H,4-6H2,1-3H3/t7-,8?,10+/m0/s1. The van der Waals surface area contributed by atoms with E-state index in [-0.39, 0.29) is 0 Å². The summed E-state index contributed by atoms with van der Waals surface area (Å²) in [6, 6.07) is 0. The van der Waals surface area contributed by atoms with Gasteiger partial charge in [0.1, 0.15) is 0 Å². The van der Waals surface area contributed by atoms with Crippen molar-refractivity contribution in [2.45, 2.75) is 45.4 Å². The van der Waals surface area contributed by atoms with Crippen molar-refractivity contribution in [3.05, 3.63) is 0 Å². The van der Waals surface area contributed by atoms with Gasteiger partial charge < -0.3 is 0 Å². The van der Waals surface area contributed by atoms with Crippen molar-refractivity contribution in [3.8, 4) is 0 Å². The fourth-order valence-corrected chi connectivity index (χ4v) is 3.71. The summed E-state index contributed by atoms with van der Waals surface area (Å²) in [7, 11) is 0. The Balaban J connectivity index is 2.40. The SMILES string of the molecule is CC1(C)[C@H]2CC[C@]1(C)C(Cl)C2. The van der Waals surface area contributed by atoms with Crippen molar-refractivity contribution in [3.63, 3.8) is 0 Å². The number of halogens is 1. The lowest BCUT2D eigenvalue weighted by atomic mass is 9.71. The van der Waals surface area contributed by atoms with Crippen LogP contribution in [0.15, 0.2) is 0 Å². The summed E-state index contributed by atoms with van der Waals surface area (Å²) in [5, 5.41) is 0.441. The molecule has 0 aromatic heterocycles. The summed E-state index contributed by atoms with van der Waals surface area (Å²) < 4.78 is 0. The van der Waals surface area contributed by atoms with Crippen LogP contribution in [-0.2, 0) is 0 Å². The van der Waals surface area contributed by atoms with Crippen molar-refractivity contribution in [2.75, 3.05) is 0 Å². The molecular formula is C10H17Cl. The van der Waals surface area contributed by atoms with Crippen LogP contribution in [0.2, 0.25) is 0 Å². The van der Waals surface area contributed by atoms with E-state index in [0.717, 1.165) is 5.92 Å². The van der Waals surface area contributed by atoms with Crippen molar-refractivity contribution in [1.82, 2.24) is 0 Å². The molecule has 0 aliphatic heterocycles. The van der Waals surface area contributed by atoms with Crippen LogP contribution in [0.25, 0.3) is 0 Å². The minimum absolute atomic E-state index is 0.430. The molecule has 2 aliphatic rings. The third kappa shape index (κ3) is 0.722. The van der Waals surface area contributed by atoms with Crippen LogP contribution in [0.4, 0.5) is 0 Å². The van der Waals surface area contributed by atoms with Crippen LogP contribution in [0, 0.1) is 16.7 Å². The summed E-state index contributed by atoms with van der Waals surface area (Å²) in [5.41, 5.74) is 0.929. The van der Waals surface area contributed by atoms with E-state index in [4.69, 9.17) is 11.6 Å². The van der Waals surface area contributed by atoms with Gasteiger partial charge in [0.25, 0.3) is 0 Å². The Bertz CT molecular complexity index is 185. The zero-order chi connectivity index (χ0) is 8.28. The summed E-state index contributed by atoms with van der Waals surface area (Å²) in [4.78, 5) is 0. The molecule has 3 atom stereocenters. The number of hydrogen-bond acceptors (Lipinski definition) is 0. The Morgan fingerprint density at radius 2 is 1.91 bits per heavy atom. The molecule has 0 saturated heterocycles. The smallest absolute Gasteiger partial charge is 0.0397 e. The topological polar surface area (TPSA) is 0 Å². The van der Waals surface area contributed by atoms with Crippen molar-refractivity contribution < 1.29 is 0 Å². The normalized spacial score (nSPS) is 53.5. The van der Waals surface area contributed by atoms with Gasteiger partial charge in [0.05, 0.1) is 0 Å². The maximum atomic E-state index is 6.33. The molecule has 0 amide bonds. The van der Waals surface area contributed by atoms with Gasteiger partial charge in [-0.05, 0) is 36.0 Å². The summed E-state index contributed by atoms with van der Waals surface area (Å²) in [5.74, 6) is 0.898. The molecule has 2 fully saturated rings. The minimum Gasteiger partial charge on any atom is -0.122 e. The molecular weight excluding hydrogens is 156 g/mol. The fraction of sp³-hybridized carbons (Fsp3) is 1.00.